The van der Waals surface area contributed by atoms with Crippen molar-refractivity contribution >= 4 is 5.97 Å². The molecule has 2 fully saturated rings. The van der Waals surface area contributed by atoms with Gasteiger partial charge in [-0.15, -0.1) is 0 Å². The highest BCUT2D eigenvalue weighted by Crippen LogP contribution is 2.41. The number of hydrogen-bond acceptors (Lipinski definition) is 2. The minimum absolute atomic E-state index is 0.0622. The van der Waals surface area contributed by atoms with Gasteiger partial charge in [-0.05, 0) is 0 Å². The molecule has 3 atom stereocenters. The molecule has 3 nitrogen and oxygen atoms in total. The Morgan fingerprint density at radius 3 is 2.08 bits per heavy atom. The molecular formula is C8H11F2NO2. The van der Waals surface area contributed by atoms with Crippen LogP contribution in [0.5, 0.6) is 0 Å². The number of hydrogen-bond donors (Lipinski definition) is 1. The average Bonchev–Trinajstić information content (AvgIpc) is 2.40. The molecule has 2 aliphatic rings. The molecule has 0 aromatic rings. The van der Waals surface area contributed by atoms with E-state index >= 15 is 0 Å². The first-order valence-electron chi connectivity index (χ1n) is 4.31. The Hall–Kier alpha value is -0.710. The maximum absolute atomic E-state index is 12.9. The lowest BCUT2D eigenvalue weighted by atomic mass is 9.93. The maximum atomic E-state index is 12.9. The Labute approximate surface area is 74.3 Å². The standard InChI is InChI=1S/C8H11F2NO2/c9-5-1-8(7(12)13)2-6(10)4-11(8)3-5/h5-6H,1-4H2,(H,12,13)/t5-,6+,8-. The molecule has 2 aliphatic heterocycles. The number of nitrogens with zero attached hydrogens (tertiary/aromatic N) is 1. The van der Waals surface area contributed by atoms with Crippen LogP contribution in [0.2, 0.25) is 0 Å². The summed E-state index contributed by atoms with van der Waals surface area (Å²) >= 11 is 0. The molecule has 0 unspecified atom stereocenters. The highest BCUT2D eigenvalue weighted by Gasteiger charge is 2.57. The number of rotatable bonds is 1. The Bertz CT molecular complexity index is 232. The summed E-state index contributed by atoms with van der Waals surface area (Å²) in [6, 6.07) is 0. The third kappa shape index (κ3) is 1.14. The highest BCUT2D eigenvalue weighted by atomic mass is 19.1. The molecule has 2 heterocycles. The van der Waals surface area contributed by atoms with Crippen molar-refractivity contribution in [1.29, 1.82) is 0 Å². The molecule has 0 aromatic carbocycles. The van der Waals surface area contributed by atoms with Crippen LogP contribution in [-0.4, -0.2) is 46.9 Å². The van der Waals surface area contributed by atoms with Gasteiger partial charge in [-0.3, -0.25) is 9.69 Å². The van der Waals surface area contributed by atoms with Crippen molar-refractivity contribution in [3.8, 4) is 0 Å². The van der Waals surface area contributed by atoms with E-state index < -0.39 is 23.9 Å². The van der Waals surface area contributed by atoms with E-state index in [-0.39, 0.29) is 25.9 Å². The molecule has 13 heavy (non-hydrogen) atoms. The summed E-state index contributed by atoms with van der Waals surface area (Å²) < 4.78 is 25.9. The molecule has 5 heteroatoms. The molecule has 0 amide bonds. The van der Waals surface area contributed by atoms with Gasteiger partial charge >= 0.3 is 5.97 Å². The Balaban J connectivity index is 2.26. The number of carboxylic acid groups (broad SMARTS) is 1. The summed E-state index contributed by atoms with van der Waals surface area (Å²) in [5, 5.41) is 8.93. The fourth-order valence-corrected chi connectivity index (χ4v) is 2.42. The van der Waals surface area contributed by atoms with E-state index in [9.17, 15) is 13.6 Å². The van der Waals surface area contributed by atoms with Gasteiger partial charge < -0.3 is 5.11 Å². The Morgan fingerprint density at radius 1 is 1.31 bits per heavy atom. The fourth-order valence-electron chi connectivity index (χ4n) is 2.42. The Kier molecular flexibility index (Phi) is 1.80. The first-order chi connectivity index (χ1) is 6.04. The second-order valence-corrected chi connectivity index (χ2v) is 3.84. The van der Waals surface area contributed by atoms with Crippen molar-refractivity contribution in [2.75, 3.05) is 13.1 Å². The predicted octanol–water partition coefficient (Wildman–Crippen LogP) is 0.595. The van der Waals surface area contributed by atoms with Gasteiger partial charge in [0.15, 0.2) is 0 Å². The average molecular weight is 191 g/mol. The van der Waals surface area contributed by atoms with Crippen molar-refractivity contribution in [1.82, 2.24) is 4.90 Å². The van der Waals surface area contributed by atoms with Crippen LogP contribution >= 0.6 is 0 Å². The monoisotopic (exact) mass is 191 g/mol. The van der Waals surface area contributed by atoms with Crippen molar-refractivity contribution in [2.45, 2.75) is 30.7 Å². The molecule has 0 spiro atoms. The predicted molar refractivity (Wildman–Crippen MR) is 41.0 cm³/mol. The van der Waals surface area contributed by atoms with Gasteiger partial charge in [-0.2, -0.15) is 0 Å². The third-order valence-corrected chi connectivity index (χ3v) is 2.96. The number of aliphatic carboxylic acids is 1. The lowest BCUT2D eigenvalue weighted by molar-refractivity contribution is -0.148. The van der Waals surface area contributed by atoms with E-state index in [2.05, 4.69) is 0 Å². The van der Waals surface area contributed by atoms with E-state index in [1.807, 2.05) is 0 Å². The molecule has 0 radical (unpaired) electrons. The topological polar surface area (TPSA) is 40.5 Å². The molecule has 0 aromatic heterocycles. The quantitative estimate of drug-likeness (QED) is 0.659. The van der Waals surface area contributed by atoms with E-state index in [1.165, 1.54) is 4.90 Å². The smallest absolute Gasteiger partial charge is 0.324 e. The van der Waals surface area contributed by atoms with Crippen LogP contribution in [0, 0.1) is 0 Å². The minimum Gasteiger partial charge on any atom is -0.480 e. The molecule has 0 aliphatic carbocycles. The first-order valence-corrected chi connectivity index (χ1v) is 4.31. The van der Waals surface area contributed by atoms with Gasteiger partial charge in [0, 0.05) is 25.9 Å². The van der Waals surface area contributed by atoms with Crippen LogP contribution in [0.25, 0.3) is 0 Å². The van der Waals surface area contributed by atoms with Crippen molar-refractivity contribution < 1.29 is 18.7 Å². The van der Waals surface area contributed by atoms with E-state index in [1.54, 1.807) is 0 Å². The van der Waals surface area contributed by atoms with Gasteiger partial charge in [0.1, 0.15) is 17.9 Å². The summed E-state index contributed by atoms with van der Waals surface area (Å²) in [5.41, 5.74) is -1.25. The van der Waals surface area contributed by atoms with Crippen LogP contribution in [0.15, 0.2) is 0 Å². The molecule has 2 rings (SSSR count). The fraction of sp³-hybridized carbons (Fsp3) is 0.875. The summed E-state index contributed by atoms with van der Waals surface area (Å²) in [7, 11) is 0. The molecule has 2 saturated heterocycles. The highest BCUT2D eigenvalue weighted by molar-refractivity contribution is 5.80. The zero-order chi connectivity index (χ0) is 9.64. The molecule has 0 bridgehead atoms. The summed E-state index contributed by atoms with van der Waals surface area (Å²) in [6.45, 7) is 0.124. The van der Waals surface area contributed by atoms with Crippen molar-refractivity contribution in [2.24, 2.45) is 0 Å². The van der Waals surface area contributed by atoms with E-state index in [0.29, 0.717) is 0 Å². The number of carbonyl (C=O) groups is 1. The van der Waals surface area contributed by atoms with E-state index in [0.717, 1.165) is 0 Å². The number of halogens is 2. The summed E-state index contributed by atoms with van der Waals surface area (Å²) in [5.74, 6) is -1.09. The number of fused-ring (bicyclic) bond motifs is 1. The molecule has 1 N–H and O–H groups in total. The molecule has 74 valence electrons. The van der Waals surface area contributed by atoms with Gasteiger partial charge in [0.05, 0.1) is 0 Å². The lowest BCUT2D eigenvalue weighted by Gasteiger charge is -2.25. The zero-order valence-electron chi connectivity index (χ0n) is 7.04. The van der Waals surface area contributed by atoms with Crippen LogP contribution < -0.4 is 0 Å². The van der Waals surface area contributed by atoms with Gasteiger partial charge in [0.25, 0.3) is 0 Å². The largest absolute Gasteiger partial charge is 0.480 e. The SMILES string of the molecule is O=C(O)[C@@]12C[C@H](F)CN1C[C@H](F)C2. The summed E-state index contributed by atoms with van der Waals surface area (Å²) in [4.78, 5) is 12.3. The van der Waals surface area contributed by atoms with Gasteiger partial charge in [0.2, 0.25) is 0 Å². The third-order valence-electron chi connectivity index (χ3n) is 2.96. The number of alkyl halides is 2. The number of carboxylic acids is 1. The van der Waals surface area contributed by atoms with Crippen molar-refractivity contribution in [3.63, 3.8) is 0 Å². The normalized spacial score (nSPS) is 45.1. The zero-order valence-corrected chi connectivity index (χ0v) is 7.04. The Morgan fingerprint density at radius 2 is 1.77 bits per heavy atom. The summed E-state index contributed by atoms with van der Waals surface area (Å²) in [6.07, 6.45) is -2.38. The van der Waals surface area contributed by atoms with Crippen molar-refractivity contribution in [3.05, 3.63) is 0 Å². The minimum atomic E-state index is -1.25. The van der Waals surface area contributed by atoms with Crippen LogP contribution in [0.1, 0.15) is 12.8 Å². The van der Waals surface area contributed by atoms with Gasteiger partial charge in [-0.1, -0.05) is 0 Å². The van der Waals surface area contributed by atoms with E-state index in [4.69, 9.17) is 5.11 Å². The first kappa shape index (κ1) is 8.87. The maximum Gasteiger partial charge on any atom is 0.324 e. The van der Waals surface area contributed by atoms with Gasteiger partial charge in [-0.25, -0.2) is 8.78 Å². The molecule has 0 saturated carbocycles. The second-order valence-electron chi connectivity index (χ2n) is 3.84. The van der Waals surface area contributed by atoms with Crippen LogP contribution in [0.3, 0.4) is 0 Å². The second kappa shape index (κ2) is 2.64. The lowest BCUT2D eigenvalue weighted by Crippen LogP contribution is -2.45. The van der Waals surface area contributed by atoms with Crippen LogP contribution in [-0.2, 0) is 4.79 Å². The molecular weight excluding hydrogens is 180 g/mol. The van der Waals surface area contributed by atoms with Crippen LogP contribution in [0.4, 0.5) is 8.78 Å².